The van der Waals surface area contributed by atoms with Gasteiger partial charge in [-0.2, -0.15) is 0 Å². The second-order valence-electron chi connectivity index (χ2n) is 7.42. The molecule has 7 nitrogen and oxygen atoms in total. The van der Waals surface area contributed by atoms with E-state index in [9.17, 15) is 14.0 Å². The first-order valence-corrected chi connectivity index (χ1v) is 11.3. The highest BCUT2D eigenvalue weighted by molar-refractivity contribution is 7.99. The molecule has 2 aromatic carbocycles. The Morgan fingerprint density at radius 1 is 1.12 bits per heavy atom. The molecule has 3 rings (SSSR count). The predicted octanol–water partition coefficient (Wildman–Crippen LogP) is 4.47. The van der Waals surface area contributed by atoms with E-state index in [1.165, 1.54) is 36.0 Å². The molecule has 0 aliphatic carbocycles. The normalized spacial score (nSPS) is 11.9. The van der Waals surface area contributed by atoms with Gasteiger partial charge in [0.15, 0.2) is 11.0 Å². The summed E-state index contributed by atoms with van der Waals surface area (Å²) in [5, 5.41) is 15.0. The Balaban J connectivity index is 1.67. The third-order valence-corrected chi connectivity index (χ3v) is 6.03. The molecule has 1 heterocycles. The molecule has 168 valence electrons. The number of rotatable bonds is 8. The van der Waals surface area contributed by atoms with Crippen LogP contribution in [-0.4, -0.2) is 32.3 Å². The van der Waals surface area contributed by atoms with Crippen LogP contribution in [0.25, 0.3) is 0 Å². The predicted molar refractivity (Wildman–Crippen MR) is 123 cm³/mol. The van der Waals surface area contributed by atoms with Gasteiger partial charge in [0, 0.05) is 12.7 Å². The Kier molecular flexibility index (Phi) is 7.87. The van der Waals surface area contributed by atoms with E-state index in [4.69, 9.17) is 11.6 Å². The average molecular weight is 476 g/mol. The van der Waals surface area contributed by atoms with Gasteiger partial charge in [0.1, 0.15) is 5.82 Å². The molecule has 0 spiro atoms. The molecule has 2 N–H and O–H groups in total. The summed E-state index contributed by atoms with van der Waals surface area (Å²) in [5.41, 5.74) is 0.895. The molecule has 0 saturated carbocycles. The van der Waals surface area contributed by atoms with Crippen LogP contribution in [0.15, 0.2) is 53.7 Å². The molecule has 0 fully saturated rings. The van der Waals surface area contributed by atoms with E-state index in [0.29, 0.717) is 27.3 Å². The number of hydrogen-bond acceptors (Lipinski definition) is 5. The first-order chi connectivity index (χ1) is 15.3. The van der Waals surface area contributed by atoms with Crippen LogP contribution >= 0.6 is 23.4 Å². The number of hydrogen-bond donors (Lipinski definition) is 2. The molecule has 0 bridgehead atoms. The maximum atomic E-state index is 13.0. The summed E-state index contributed by atoms with van der Waals surface area (Å²) in [6.45, 7) is 3.93. The van der Waals surface area contributed by atoms with Gasteiger partial charge in [0.2, 0.25) is 5.91 Å². The standard InChI is InChI=1S/C22H23ClFN5O2S/c1-13(2)19(26-21(31)16-6-4-5-7-17(16)23)20-27-28-22(29(20)3)32-12-18(30)25-15-10-8-14(24)9-11-15/h4-11,13,19H,12H2,1-3H3,(H,25,30)(H,26,31)/t19-/m1/s1. The number of nitrogens with one attached hydrogen (secondary N) is 2. The van der Waals surface area contributed by atoms with Crippen LogP contribution in [0.4, 0.5) is 10.1 Å². The van der Waals surface area contributed by atoms with Gasteiger partial charge in [-0.3, -0.25) is 9.59 Å². The average Bonchev–Trinajstić information content (AvgIpc) is 3.12. The van der Waals surface area contributed by atoms with Crippen molar-refractivity contribution in [3.8, 4) is 0 Å². The van der Waals surface area contributed by atoms with Crippen molar-refractivity contribution in [3.63, 3.8) is 0 Å². The fraction of sp³-hybridized carbons (Fsp3) is 0.273. The van der Waals surface area contributed by atoms with Crippen molar-refractivity contribution < 1.29 is 14.0 Å². The van der Waals surface area contributed by atoms with Crippen LogP contribution in [0.2, 0.25) is 5.02 Å². The van der Waals surface area contributed by atoms with Crippen molar-refractivity contribution >= 4 is 40.9 Å². The first kappa shape index (κ1) is 23.7. The smallest absolute Gasteiger partial charge is 0.253 e. The molecule has 32 heavy (non-hydrogen) atoms. The summed E-state index contributed by atoms with van der Waals surface area (Å²) in [7, 11) is 1.78. The number of carbonyl (C=O) groups excluding carboxylic acids is 2. The van der Waals surface area contributed by atoms with Gasteiger partial charge < -0.3 is 15.2 Å². The van der Waals surface area contributed by atoms with Gasteiger partial charge in [0.25, 0.3) is 5.91 Å². The van der Waals surface area contributed by atoms with Gasteiger partial charge in [-0.05, 0) is 42.3 Å². The Labute approximate surface area is 194 Å². The van der Waals surface area contributed by atoms with Crippen molar-refractivity contribution in [2.24, 2.45) is 13.0 Å². The van der Waals surface area contributed by atoms with Crippen molar-refractivity contribution in [1.82, 2.24) is 20.1 Å². The maximum absolute atomic E-state index is 13.0. The van der Waals surface area contributed by atoms with Crippen molar-refractivity contribution in [1.29, 1.82) is 0 Å². The zero-order valence-electron chi connectivity index (χ0n) is 17.8. The summed E-state index contributed by atoms with van der Waals surface area (Å²) in [5.74, 6) is -0.221. The fourth-order valence-corrected chi connectivity index (χ4v) is 3.92. The highest BCUT2D eigenvalue weighted by Gasteiger charge is 2.26. The fourth-order valence-electron chi connectivity index (χ4n) is 2.98. The van der Waals surface area contributed by atoms with E-state index in [-0.39, 0.29) is 29.3 Å². The minimum Gasteiger partial charge on any atom is -0.342 e. The molecule has 2 amide bonds. The van der Waals surface area contributed by atoms with Gasteiger partial charge in [-0.1, -0.05) is 49.3 Å². The van der Waals surface area contributed by atoms with Crippen LogP contribution in [0, 0.1) is 11.7 Å². The van der Waals surface area contributed by atoms with Crippen molar-refractivity contribution in [2.45, 2.75) is 25.0 Å². The third kappa shape index (κ3) is 5.86. The number of carbonyl (C=O) groups is 2. The molecule has 10 heteroatoms. The number of thioether (sulfide) groups is 1. The molecule has 0 saturated heterocycles. The van der Waals surface area contributed by atoms with Gasteiger partial charge >= 0.3 is 0 Å². The molecule has 0 radical (unpaired) electrons. The third-order valence-electron chi connectivity index (χ3n) is 4.68. The quantitative estimate of drug-likeness (QED) is 0.469. The monoisotopic (exact) mass is 475 g/mol. The highest BCUT2D eigenvalue weighted by atomic mass is 35.5. The Morgan fingerprint density at radius 2 is 1.81 bits per heavy atom. The topological polar surface area (TPSA) is 88.9 Å². The van der Waals surface area contributed by atoms with Gasteiger partial charge in [-0.15, -0.1) is 10.2 Å². The zero-order chi connectivity index (χ0) is 23.3. The van der Waals surface area contributed by atoms with Gasteiger partial charge in [0.05, 0.1) is 22.4 Å². The van der Waals surface area contributed by atoms with E-state index in [1.54, 1.807) is 35.9 Å². The lowest BCUT2D eigenvalue weighted by atomic mass is 10.0. The second kappa shape index (κ2) is 10.6. The van der Waals surface area contributed by atoms with Gasteiger partial charge in [-0.25, -0.2) is 4.39 Å². The second-order valence-corrected chi connectivity index (χ2v) is 8.77. The van der Waals surface area contributed by atoms with Crippen LogP contribution in [-0.2, 0) is 11.8 Å². The number of anilines is 1. The summed E-state index contributed by atoms with van der Waals surface area (Å²) in [6, 6.07) is 12.0. The van der Waals surface area contributed by atoms with E-state index >= 15 is 0 Å². The molecule has 1 aromatic heterocycles. The van der Waals surface area contributed by atoms with Crippen molar-refractivity contribution in [2.75, 3.05) is 11.1 Å². The minimum atomic E-state index is -0.404. The Bertz CT molecular complexity index is 1100. The lowest BCUT2D eigenvalue weighted by molar-refractivity contribution is -0.113. The van der Waals surface area contributed by atoms with E-state index < -0.39 is 6.04 Å². The van der Waals surface area contributed by atoms with E-state index in [1.807, 2.05) is 13.8 Å². The SMILES string of the molecule is CC(C)[C@@H](NC(=O)c1ccccc1Cl)c1nnc(SCC(=O)Nc2ccc(F)cc2)n1C. The number of nitrogens with zero attached hydrogens (tertiary/aromatic N) is 3. The van der Waals surface area contributed by atoms with Crippen LogP contribution in [0.3, 0.4) is 0 Å². The van der Waals surface area contributed by atoms with Crippen molar-refractivity contribution in [3.05, 3.63) is 70.8 Å². The lowest BCUT2D eigenvalue weighted by Crippen LogP contribution is -2.33. The summed E-state index contributed by atoms with van der Waals surface area (Å²) >= 11 is 7.36. The van der Waals surface area contributed by atoms with E-state index in [2.05, 4.69) is 20.8 Å². The van der Waals surface area contributed by atoms with Crippen LogP contribution in [0.5, 0.6) is 0 Å². The summed E-state index contributed by atoms with van der Waals surface area (Å²) < 4.78 is 14.7. The largest absolute Gasteiger partial charge is 0.342 e. The Morgan fingerprint density at radius 3 is 2.47 bits per heavy atom. The molecule has 0 unspecified atom stereocenters. The number of halogens is 2. The number of aromatic nitrogens is 3. The Hall–Kier alpha value is -2.91. The minimum absolute atomic E-state index is 0.0314. The van der Waals surface area contributed by atoms with Crippen LogP contribution in [0.1, 0.15) is 36.1 Å². The number of benzene rings is 2. The van der Waals surface area contributed by atoms with Crippen LogP contribution < -0.4 is 10.6 Å². The molecule has 3 aromatic rings. The highest BCUT2D eigenvalue weighted by Crippen LogP contribution is 2.25. The summed E-state index contributed by atoms with van der Waals surface area (Å²) in [4.78, 5) is 25.0. The number of amides is 2. The first-order valence-electron chi connectivity index (χ1n) is 9.89. The lowest BCUT2D eigenvalue weighted by Gasteiger charge is -2.22. The molecule has 0 aliphatic heterocycles. The zero-order valence-corrected chi connectivity index (χ0v) is 19.4. The molecule has 0 aliphatic rings. The van der Waals surface area contributed by atoms with E-state index in [0.717, 1.165) is 0 Å². The molecule has 1 atom stereocenters. The molecular weight excluding hydrogens is 453 g/mol. The molecular formula is C22H23ClFN5O2S. The summed E-state index contributed by atoms with van der Waals surface area (Å²) in [6.07, 6.45) is 0. The maximum Gasteiger partial charge on any atom is 0.253 e.